The van der Waals surface area contributed by atoms with Gasteiger partial charge in [0.05, 0.1) is 33.0 Å². The number of hydrogen-bond donors (Lipinski definition) is 2. The zero-order valence-corrected chi connectivity index (χ0v) is 17.2. The Morgan fingerprint density at radius 3 is 1.83 bits per heavy atom. The van der Waals surface area contributed by atoms with Crippen LogP contribution in [0.3, 0.4) is 0 Å². The van der Waals surface area contributed by atoms with Crippen molar-refractivity contribution in [2.45, 2.75) is 31.2 Å². The molecule has 2 aromatic carbocycles. The van der Waals surface area contributed by atoms with Crippen molar-refractivity contribution in [2.24, 2.45) is 0 Å². The predicted molar refractivity (Wildman–Crippen MR) is 111 cm³/mol. The van der Waals surface area contributed by atoms with Crippen LogP contribution in [0.4, 0.5) is 0 Å². The third-order valence-corrected chi connectivity index (χ3v) is 5.32. The molecule has 0 radical (unpaired) electrons. The van der Waals surface area contributed by atoms with E-state index >= 15 is 0 Å². The Labute approximate surface area is 172 Å². The zero-order chi connectivity index (χ0) is 20.6. The van der Waals surface area contributed by atoms with Crippen molar-refractivity contribution < 1.29 is 24.4 Å². The lowest BCUT2D eigenvalue weighted by Gasteiger charge is -2.31. The second kappa shape index (κ2) is 10.6. The van der Waals surface area contributed by atoms with E-state index in [-0.39, 0.29) is 18.8 Å². The lowest BCUT2D eigenvalue weighted by molar-refractivity contribution is -0.0169. The Morgan fingerprint density at radius 1 is 0.897 bits per heavy atom. The average molecular weight is 402 g/mol. The maximum atomic E-state index is 10.5. The van der Waals surface area contributed by atoms with Crippen LogP contribution in [0.5, 0.6) is 11.5 Å². The number of hydrogen-bond acceptors (Lipinski definition) is 6. The lowest BCUT2D eigenvalue weighted by Crippen LogP contribution is -2.41. The molecule has 1 aliphatic heterocycles. The molecule has 158 valence electrons. The number of aliphatic hydroxyl groups is 2. The van der Waals surface area contributed by atoms with Crippen LogP contribution < -0.4 is 9.47 Å². The summed E-state index contributed by atoms with van der Waals surface area (Å²) in [4.78, 5) is 2.18. The van der Waals surface area contributed by atoms with E-state index in [1.807, 2.05) is 48.5 Å². The van der Waals surface area contributed by atoms with Gasteiger partial charge in [0, 0.05) is 19.6 Å². The minimum atomic E-state index is -0.593. The molecule has 29 heavy (non-hydrogen) atoms. The van der Waals surface area contributed by atoms with Crippen LogP contribution in [0.2, 0.25) is 0 Å². The number of likely N-dealkylation sites (tertiary alicyclic amines) is 1. The van der Waals surface area contributed by atoms with E-state index in [1.165, 1.54) is 0 Å². The van der Waals surface area contributed by atoms with E-state index in [4.69, 9.17) is 14.2 Å². The highest BCUT2D eigenvalue weighted by molar-refractivity contribution is 5.36. The summed E-state index contributed by atoms with van der Waals surface area (Å²) in [7, 11) is 3.28. The normalized spacial score (nSPS) is 16.7. The fourth-order valence-electron chi connectivity index (χ4n) is 3.60. The first-order valence-corrected chi connectivity index (χ1v) is 10.1. The molecule has 0 aliphatic carbocycles. The minimum Gasteiger partial charge on any atom is -0.497 e. The molecule has 0 saturated carbocycles. The fraction of sp³-hybridized carbons (Fsp3) is 0.478. The third-order valence-electron chi connectivity index (χ3n) is 5.32. The number of nitrogens with zero attached hydrogens (tertiary/aromatic N) is 1. The SMILES string of the molecule is COc1ccc(C(OC[C@@H](O)CN2CCC(O)CC2)c2ccc(OC)cc2)cc1. The molecule has 1 atom stereocenters. The highest BCUT2D eigenvalue weighted by atomic mass is 16.5. The van der Waals surface area contributed by atoms with Crippen LogP contribution in [-0.2, 0) is 4.74 Å². The third kappa shape index (κ3) is 6.18. The molecule has 3 rings (SSSR count). The summed E-state index contributed by atoms with van der Waals surface area (Å²) >= 11 is 0. The van der Waals surface area contributed by atoms with E-state index in [9.17, 15) is 10.2 Å². The molecule has 0 aromatic heterocycles. The second-order valence-corrected chi connectivity index (χ2v) is 7.45. The topological polar surface area (TPSA) is 71.4 Å². The van der Waals surface area contributed by atoms with Crippen LogP contribution >= 0.6 is 0 Å². The van der Waals surface area contributed by atoms with E-state index < -0.39 is 6.10 Å². The number of piperidine rings is 1. The molecule has 0 spiro atoms. The number of β-amino-alcohol motifs (C(OH)–C–C–N with tert-alkyl or cyclic N) is 1. The number of ether oxygens (including phenoxy) is 3. The van der Waals surface area contributed by atoms with Gasteiger partial charge in [0.25, 0.3) is 0 Å². The van der Waals surface area contributed by atoms with Gasteiger partial charge < -0.3 is 29.3 Å². The standard InChI is InChI=1S/C23H31NO5/c1-27-21-7-3-17(4-8-21)23(18-5-9-22(28-2)10-6-18)29-16-20(26)15-24-13-11-19(25)12-14-24/h3-10,19-20,23,25-26H,11-16H2,1-2H3/t20-/m0/s1. The Kier molecular flexibility index (Phi) is 7.89. The summed E-state index contributed by atoms with van der Waals surface area (Å²) in [6, 6.07) is 15.5. The van der Waals surface area contributed by atoms with Gasteiger partial charge in [-0.05, 0) is 48.2 Å². The highest BCUT2D eigenvalue weighted by Gasteiger charge is 2.21. The summed E-state index contributed by atoms with van der Waals surface area (Å²) in [6.45, 7) is 2.38. The molecule has 1 aliphatic rings. The van der Waals surface area contributed by atoms with Crippen molar-refractivity contribution in [2.75, 3.05) is 40.5 Å². The molecular formula is C23H31NO5. The van der Waals surface area contributed by atoms with Gasteiger partial charge >= 0.3 is 0 Å². The van der Waals surface area contributed by atoms with Crippen molar-refractivity contribution in [1.82, 2.24) is 4.90 Å². The largest absolute Gasteiger partial charge is 0.497 e. The first-order chi connectivity index (χ1) is 14.1. The number of rotatable bonds is 9. The van der Waals surface area contributed by atoms with Gasteiger partial charge in [0.15, 0.2) is 0 Å². The predicted octanol–water partition coefficient (Wildman–Crippen LogP) is 2.63. The van der Waals surface area contributed by atoms with Gasteiger partial charge in [-0.3, -0.25) is 0 Å². The van der Waals surface area contributed by atoms with Crippen molar-refractivity contribution in [3.8, 4) is 11.5 Å². The monoisotopic (exact) mass is 401 g/mol. The number of benzene rings is 2. The van der Waals surface area contributed by atoms with Crippen LogP contribution in [0.1, 0.15) is 30.1 Å². The van der Waals surface area contributed by atoms with Gasteiger partial charge in [-0.15, -0.1) is 0 Å². The van der Waals surface area contributed by atoms with Crippen molar-refractivity contribution in [1.29, 1.82) is 0 Å². The lowest BCUT2D eigenvalue weighted by atomic mass is 10.0. The number of aliphatic hydroxyl groups excluding tert-OH is 2. The molecule has 0 amide bonds. The van der Waals surface area contributed by atoms with Gasteiger partial charge in [-0.1, -0.05) is 24.3 Å². The smallest absolute Gasteiger partial charge is 0.118 e. The maximum absolute atomic E-state index is 10.5. The summed E-state index contributed by atoms with van der Waals surface area (Å²) in [6.07, 6.45) is 0.407. The summed E-state index contributed by atoms with van der Waals surface area (Å²) in [5.41, 5.74) is 1.98. The van der Waals surface area contributed by atoms with Crippen LogP contribution in [0, 0.1) is 0 Å². The highest BCUT2D eigenvalue weighted by Crippen LogP contribution is 2.29. The molecule has 0 unspecified atom stereocenters. The van der Waals surface area contributed by atoms with E-state index in [1.54, 1.807) is 14.2 Å². The summed E-state index contributed by atoms with van der Waals surface area (Å²) < 4.78 is 16.7. The molecule has 2 N–H and O–H groups in total. The molecular weight excluding hydrogens is 370 g/mol. The van der Waals surface area contributed by atoms with Crippen molar-refractivity contribution in [3.05, 3.63) is 59.7 Å². The molecule has 1 heterocycles. The van der Waals surface area contributed by atoms with Crippen LogP contribution in [-0.4, -0.2) is 67.8 Å². The summed E-state index contributed by atoms with van der Waals surface area (Å²) in [5.74, 6) is 1.57. The van der Waals surface area contributed by atoms with E-state index in [0.717, 1.165) is 48.6 Å². The zero-order valence-electron chi connectivity index (χ0n) is 17.2. The average Bonchev–Trinajstić information content (AvgIpc) is 2.76. The second-order valence-electron chi connectivity index (χ2n) is 7.45. The van der Waals surface area contributed by atoms with Crippen molar-refractivity contribution >= 4 is 0 Å². The minimum absolute atomic E-state index is 0.214. The Hall–Kier alpha value is -2.12. The molecule has 1 saturated heterocycles. The quantitative estimate of drug-likeness (QED) is 0.673. The Bertz CT molecular complexity index is 678. The molecule has 1 fully saturated rings. The van der Waals surface area contributed by atoms with Gasteiger partial charge in [0.2, 0.25) is 0 Å². The van der Waals surface area contributed by atoms with Crippen LogP contribution in [0.15, 0.2) is 48.5 Å². The van der Waals surface area contributed by atoms with Crippen molar-refractivity contribution in [3.63, 3.8) is 0 Å². The summed E-state index contributed by atoms with van der Waals surface area (Å²) in [5, 5.41) is 20.1. The maximum Gasteiger partial charge on any atom is 0.118 e. The van der Waals surface area contributed by atoms with E-state index in [2.05, 4.69) is 4.90 Å². The molecule has 0 bridgehead atoms. The first-order valence-electron chi connectivity index (χ1n) is 10.1. The Morgan fingerprint density at radius 2 is 1.38 bits per heavy atom. The van der Waals surface area contributed by atoms with Gasteiger partial charge in [-0.25, -0.2) is 0 Å². The molecule has 6 heteroatoms. The van der Waals surface area contributed by atoms with E-state index in [0.29, 0.717) is 6.54 Å². The fourth-order valence-corrected chi connectivity index (χ4v) is 3.60. The van der Waals surface area contributed by atoms with Gasteiger partial charge in [-0.2, -0.15) is 0 Å². The van der Waals surface area contributed by atoms with Crippen LogP contribution in [0.25, 0.3) is 0 Å². The Balaban J connectivity index is 1.67. The first kappa shape index (κ1) is 21.6. The molecule has 2 aromatic rings. The number of methoxy groups -OCH3 is 2. The van der Waals surface area contributed by atoms with Gasteiger partial charge in [0.1, 0.15) is 17.6 Å². The molecule has 6 nitrogen and oxygen atoms in total.